The second kappa shape index (κ2) is 11.0. The Balaban J connectivity index is 2.31. The van der Waals surface area contributed by atoms with Crippen molar-refractivity contribution in [3.63, 3.8) is 0 Å². The van der Waals surface area contributed by atoms with E-state index in [1.165, 1.54) is 0 Å². The molecule has 20 heavy (non-hydrogen) atoms. The molecule has 1 unspecified atom stereocenters. The molecule has 0 bridgehead atoms. The number of nitrogens with zero attached hydrogens (tertiary/aromatic N) is 1. The predicted molar refractivity (Wildman–Crippen MR) is 71.5 cm³/mol. The van der Waals surface area contributed by atoms with E-state index in [0.717, 1.165) is 0 Å². The Labute approximate surface area is 120 Å². The summed E-state index contributed by atoms with van der Waals surface area (Å²) in [5, 5.41) is 0. The number of morpholine rings is 1. The Hall–Kier alpha value is -0.730. The van der Waals surface area contributed by atoms with Crippen LogP contribution >= 0.6 is 0 Å². The van der Waals surface area contributed by atoms with E-state index in [2.05, 4.69) is 0 Å². The third kappa shape index (κ3) is 6.62. The van der Waals surface area contributed by atoms with Gasteiger partial charge >= 0.3 is 5.97 Å². The molecule has 1 rings (SSSR count). The summed E-state index contributed by atoms with van der Waals surface area (Å²) in [5.41, 5.74) is 0. The van der Waals surface area contributed by atoms with Crippen molar-refractivity contribution in [2.75, 3.05) is 66.4 Å². The van der Waals surface area contributed by atoms with Gasteiger partial charge in [0.1, 0.15) is 0 Å². The molecule has 0 saturated carbocycles. The van der Waals surface area contributed by atoms with Crippen molar-refractivity contribution in [3.8, 4) is 0 Å². The molecule has 0 radical (unpaired) electrons. The van der Waals surface area contributed by atoms with E-state index in [1.54, 1.807) is 14.0 Å². The Morgan fingerprint density at radius 3 is 2.55 bits per heavy atom. The molecule has 7 nitrogen and oxygen atoms in total. The van der Waals surface area contributed by atoms with E-state index in [1.807, 2.05) is 4.90 Å². The number of methoxy groups -OCH3 is 1. The summed E-state index contributed by atoms with van der Waals surface area (Å²) in [7, 11) is 1.62. The maximum absolute atomic E-state index is 11.9. The summed E-state index contributed by atoms with van der Waals surface area (Å²) >= 11 is 0. The predicted octanol–water partition coefficient (Wildman–Crippen LogP) is -0.113. The van der Waals surface area contributed by atoms with Crippen molar-refractivity contribution in [3.05, 3.63) is 0 Å². The first-order chi connectivity index (χ1) is 9.79. The van der Waals surface area contributed by atoms with Gasteiger partial charge < -0.3 is 23.7 Å². The zero-order chi connectivity index (χ0) is 14.6. The largest absolute Gasteiger partial charge is 0.463 e. The molecule has 0 amide bonds. The fourth-order valence-corrected chi connectivity index (χ4v) is 1.81. The van der Waals surface area contributed by atoms with Crippen molar-refractivity contribution in [2.24, 2.45) is 0 Å². The van der Waals surface area contributed by atoms with Crippen LogP contribution in [0.15, 0.2) is 0 Å². The van der Waals surface area contributed by atoms with Crippen LogP contribution in [0.1, 0.15) is 6.92 Å². The molecule has 7 heteroatoms. The molecule has 1 heterocycles. The van der Waals surface area contributed by atoms with E-state index in [9.17, 15) is 4.79 Å². The van der Waals surface area contributed by atoms with Gasteiger partial charge in [0.15, 0.2) is 0 Å². The van der Waals surface area contributed by atoms with Crippen LogP contribution < -0.4 is 0 Å². The van der Waals surface area contributed by atoms with Crippen molar-refractivity contribution >= 4 is 5.97 Å². The van der Waals surface area contributed by atoms with Crippen LogP contribution in [0.5, 0.6) is 0 Å². The van der Waals surface area contributed by atoms with Crippen LogP contribution in [-0.2, 0) is 28.5 Å². The molecule has 0 spiro atoms. The SMILES string of the molecule is CCOC(=O)C(OCCOCCOC)N1CCOCC1. The zero-order valence-corrected chi connectivity index (χ0v) is 12.3. The number of carbonyl (C=O) groups is 1. The highest BCUT2D eigenvalue weighted by molar-refractivity contribution is 5.74. The quantitative estimate of drug-likeness (QED) is 0.411. The first-order valence-corrected chi connectivity index (χ1v) is 6.96. The van der Waals surface area contributed by atoms with E-state index in [0.29, 0.717) is 59.3 Å². The topological polar surface area (TPSA) is 66.5 Å². The average molecular weight is 291 g/mol. The highest BCUT2D eigenvalue weighted by Gasteiger charge is 2.29. The summed E-state index contributed by atoms with van der Waals surface area (Å²) < 4.78 is 26.1. The van der Waals surface area contributed by atoms with Gasteiger partial charge in [-0.1, -0.05) is 0 Å². The van der Waals surface area contributed by atoms with Crippen LogP contribution in [0.3, 0.4) is 0 Å². The van der Waals surface area contributed by atoms with E-state index >= 15 is 0 Å². The molecular formula is C13H25NO6. The lowest BCUT2D eigenvalue weighted by molar-refractivity contribution is -0.177. The van der Waals surface area contributed by atoms with Gasteiger partial charge in [0, 0.05) is 20.2 Å². The minimum Gasteiger partial charge on any atom is -0.463 e. The molecule has 1 fully saturated rings. The third-order valence-corrected chi connectivity index (χ3v) is 2.80. The number of hydrogen-bond acceptors (Lipinski definition) is 7. The molecule has 0 aromatic rings. The standard InChI is InChI=1S/C13H25NO6/c1-3-19-13(15)12(14-4-6-17-7-5-14)20-11-10-18-9-8-16-2/h12H,3-11H2,1-2H3. The molecule has 0 aliphatic carbocycles. The molecule has 1 atom stereocenters. The maximum Gasteiger partial charge on any atom is 0.350 e. The van der Waals surface area contributed by atoms with Crippen LogP contribution in [0.4, 0.5) is 0 Å². The monoisotopic (exact) mass is 291 g/mol. The molecule has 0 aromatic carbocycles. The lowest BCUT2D eigenvalue weighted by Crippen LogP contribution is -2.49. The molecule has 0 aromatic heterocycles. The zero-order valence-electron chi connectivity index (χ0n) is 12.3. The van der Waals surface area contributed by atoms with Gasteiger partial charge in [0.05, 0.1) is 46.2 Å². The second-order valence-electron chi connectivity index (χ2n) is 4.23. The summed E-state index contributed by atoms with van der Waals surface area (Å²) in [4.78, 5) is 13.8. The number of carbonyl (C=O) groups excluding carboxylic acids is 1. The minimum absolute atomic E-state index is 0.338. The summed E-state index contributed by atoms with van der Waals surface area (Å²) in [6, 6.07) is 0. The number of ether oxygens (including phenoxy) is 5. The normalized spacial score (nSPS) is 17.9. The van der Waals surface area contributed by atoms with E-state index in [-0.39, 0.29) is 5.97 Å². The highest BCUT2D eigenvalue weighted by atomic mass is 16.6. The van der Waals surface area contributed by atoms with Gasteiger partial charge in [-0.15, -0.1) is 0 Å². The minimum atomic E-state index is -0.676. The van der Waals surface area contributed by atoms with Gasteiger partial charge in [-0.05, 0) is 6.92 Å². The Bertz CT molecular complexity index is 257. The first-order valence-electron chi connectivity index (χ1n) is 6.96. The van der Waals surface area contributed by atoms with Crippen LogP contribution in [-0.4, -0.2) is 83.5 Å². The Kier molecular flexibility index (Phi) is 9.52. The smallest absolute Gasteiger partial charge is 0.350 e. The van der Waals surface area contributed by atoms with Crippen molar-refractivity contribution in [1.82, 2.24) is 4.90 Å². The van der Waals surface area contributed by atoms with Gasteiger partial charge in [0.25, 0.3) is 0 Å². The van der Waals surface area contributed by atoms with Crippen LogP contribution in [0, 0.1) is 0 Å². The van der Waals surface area contributed by atoms with Gasteiger partial charge in [0.2, 0.25) is 6.23 Å². The van der Waals surface area contributed by atoms with Gasteiger partial charge in [-0.3, -0.25) is 4.90 Å². The maximum atomic E-state index is 11.9. The molecule has 0 N–H and O–H groups in total. The van der Waals surface area contributed by atoms with Crippen LogP contribution in [0.25, 0.3) is 0 Å². The fourth-order valence-electron chi connectivity index (χ4n) is 1.81. The lowest BCUT2D eigenvalue weighted by atomic mass is 10.4. The fraction of sp³-hybridized carbons (Fsp3) is 0.923. The van der Waals surface area contributed by atoms with Crippen molar-refractivity contribution < 1.29 is 28.5 Å². The Morgan fingerprint density at radius 2 is 1.90 bits per heavy atom. The van der Waals surface area contributed by atoms with Gasteiger partial charge in [-0.2, -0.15) is 0 Å². The molecular weight excluding hydrogens is 266 g/mol. The van der Waals surface area contributed by atoms with E-state index in [4.69, 9.17) is 23.7 Å². The van der Waals surface area contributed by atoms with Crippen molar-refractivity contribution in [2.45, 2.75) is 13.2 Å². The first kappa shape index (κ1) is 17.3. The summed E-state index contributed by atoms with van der Waals surface area (Å²) in [6.07, 6.45) is -0.676. The Morgan fingerprint density at radius 1 is 1.20 bits per heavy atom. The summed E-state index contributed by atoms with van der Waals surface area (Å²) in [6.45, 7) is 6.46. The third-order valence-electron chi connectivity index (χ3n) is 2.80. The summed E-state index contributed by atoms with van der Waals surface area (Å²) in [5.74, 6) is -0.355. The van der Waals surface area contributed by atoms with Gasteiger partial charge in [-0.25, -0.2) is 4.79 Å². The number of hydrogen-bond donors (Lipinski definition) is 0. The second-order valence-corrected chi connectivity index (χ2v) is 4.23. The molecule has 118 valence electrons. The average Bonchev–Trinajstić information content (AvgIpc) is 2.47. The van der Waals surface area contributed by atoms with E-state index < -0.39 is 6.23 Å². The molecule has 1 aliphatic heterocycles. The highest BCUT2D eigenvalue weighted by Crippen LogP contribution is 2.08. The molecule has 1 saturated heterocycles. The number of esters is 1. The number of rotatable bonds is 10. The van der Waals surface area contributed by atoms with Crippen LogP contribution in [0.2, 0.25) is 0 Å². The molecule has 1 aliphatic rings. The van der Waals surface area contributed by atoms with Crippen molar-refractivity contribution in [1.29, 1.82) is 0 Å². The lowest BCUT2D eigenvalue weighted by Gasteiger charge is -2.32.